The fraction of sp³-hybridized carbons (Fsp3) is 0.154. The highest BCUT2D eigenvalue weighted by molar-refractivity contribution is 7.99. The molecular formula is C13H13NS. The summed E-state index contributed by atoms with van der Waals surface area (Å²) < 4.78 is 0. The zero-order valence-corrected chi connectivity index (χ0v) is 9.50. The number of benzene rings is 1. The Morgan fingerprint density at radius 1 is 1.07 bits per heavy atom. The summed E-state index contributed by atoms with van der Waals surface area (Å²) in [5.74, 6) is 0. The van der Waals surface area contributed by atoms with Crippen molar-refractivity contribution in [2.45, 2.75) is 23.3 Å². The molecule has 1 nitrogen and oxygen atoms in total. The minimum atomic E-state index is 1.03. The van der Waals surface area contributed by atoms with Crippen molar-refractivity contribution < 1.29 is 0 Å². The molecule has 2 aromatic rings. The van der Waals surface area contributed by atoms with Gasteiger partial charge >= 0.3 is 0 Å². The molecule has 0 aliphatic heterocycles. The molecular weight excluding hydrogens is 202 g/mol. The van der Waals surface area contributed by atoms with Crippen LogP contribution in [-0.2, 0) is 6.42 Å². The van der Waals surface area contributed by atoms with E-state index in [-0.39, 0.29) is 0 Å². The summed E-state index contributed by atoms with van der Waals surface area (Å²) in [6.07, 6.45) is 2.88. The molecule has 15 heavy (non-hydrogen) atoms. The molecule has 0 atom stereocenters. The largest absolute Gasteiger partial charge is 0.249 e. The molecule has 0 radical (unpaired) electrons. The smallest absolute Gasteiger partial charge is 0.104 e. The minimum Gasteiger partial charge on any atom is -0.249 e. The van der Waals surface area contributed by atoms with E-state index in [1.165, 1.54) is 10.5 Å². The molecule has 1 aromatic carbocycles. The number of aryl methyl sites for hydroxylation is 1. The van der Waals surface area contributed by atoms with Crippen molar-refractivity contribution >= 4 is 11.8 Å². The van der Waals surface area contributed by atoms with Gasteiger partial charge in [0.2, 0.25) is 0 Å². The summed E-state index contributed by atoms with van der Waals surface area (Å²) in [5.41, 5.74) is 1.31. The summed E-state index contributed by atoms with van der Waals surface area (Å²) in [7, 11) is 0. The maximum atomic E-state index is 4.41. The van der Waals surface area contributed by atoms with Crippen molar-refractivity contribution in [3.63, 3.8) is 0 Å². The van der Waals surface area contributed by atoms with Gasteiger partial charge in [-0.1, -0.05) is 43.0 Å². The van der Waals surface area contributed by atoms with Gasteiger partial charge in [0.15, 0.2) is 0 Å². The number of nitrogens with zero attached hydrogens (tertiary/aromatic N) is 1. The van der Waals surface area contributed by atoms with Crippen molar-refractivity contribution in [3.05, 3.63) is 54.2 Å². The van der Waals surface area contributed by atoms with E-state index >= 15 is 0 Å². The predicted octanol–water partition coefficient (Wildman–Crippen LogP) is 3.80. The highest BCUT2D eigenvalue weighted by Crippen LogP contribution is 2.28. The lowest BCUT2D eigenvalue weighted by molar-refractivity contribution is 0.994. The van der Waals surface area contributed by atoms with Gasteiger partial charge in [-0.25, -0.2) is 4.98 Å². The molecule has 0 aliphatic carbocycles. The Balaban J connectivity index is 2.24. The molecule has 0 bridgehead atoms. The van der Waals surface area contributed by atoms with Crippen LogP contribution in [0.15, 0.2) is 58.6 Å². The first-order valence-corrected chi connectivity index (χ1v) is 5.88. The highest BCUT2D eigenvalue weighted by atomic mass is 32.2. The molecule has 0 saturated carbocycles. The van der Waals surface area contributed by atoms with Gasteiger partial charge in [0.1, 0.15) is 5.03 Å². The Bertz CT molecular complexity index is 426. The predicted molar refractivity (Wildman–Crippen MR) is 64.2 cm³/mol. The molecule has 0 spiro atoms. The summed E-state index contributed by atoms with van der Waals surface area (Å²) in [6.45, 7) is 2.16. The van der Waals surface area contributed by atoms with Crippen LogP contribution in [0.1, 0.15) is 12.5 Å². The average molecular weight is 215 g/mol. The van der Waals surface area contributed by atoms with E-state index in [0.717, 1.165) is 11.4 Å². The molecule has 2 heteroatoms. The molecule has 2 rings (SSSR count). The van der Waals surface area contributed by atoms with Gasteiger partial charge in [-0.3, -0.25) is 0 Å². The van der Waals surface area contributed by atoms with Gasteiger partial charge in [0.05, 0.1) is 0 Å². The molecule has 0 unspecified atom stereocenters. The summed E-state index contributed by atoms with van der Waals surface area (Å²) >= 11 is 1.73. The lowest BCUT2D eigenvalue weighted by Gasteiger charge is -2.05. The van der Waals surface area contributed by atoms with Gasteiger partial charge in [-0.2, -0.15) is 0 Å². The Morgan fingerprint density at radius 3 is 2.60 bits per heavy atom. The zero-order valence-electron chi connectivity index (χ0n) is 8.68. The third kappa shape index (κ3) is 2.60. The number of hydrogen-bond donors (Lipinski definition) is 0. The summed E-state index contributed by atoms with van der Waals surface area (Å²) in [5, 5.41) is 1.12. The van der Waals surface area contributed by atoms with Gasteiger partial charge < -0.3 is 0 Å². The maximum Gasteiger partial charge on any atom is 0.104 e. The van der Waals surface area contributed by atoms with Gasteiger partial charge in [-0.05, 0) is 30.2 Å². The molecule has 0 N–H and O–H groups in total. The Labute approximate surface area is 94.6 Å². The fourth-order valence-electron chi connectivity index (χ4n) is 1.39. The van der Waals surface area contributed by atoms with Crippen LogP contribution in [0.4, 0.5) is 0 Å². The Morgan fingerprint density at radius 2 is 1.87 bits per heavy atom. The standard InChI is InChI=1S/C13H13NS/c1-2-11-7-6-10-14-13(11)15-12-8-4-3-5-9-12/h3-10H,2H2,1H3. The first kappa shape index (κ1) is 10.2. The third-order valence-corrected chi connectivity index (χ3v) is 3.26. The summed E-state index contributed by atoms with van der Waals surface area (Å²) in [6, 6.07) is 14.5. The van der Waals surface area contributed by atoms with E-state index in [9.17, 15) is 0 Å². The quantitative estimate of drug-likeness (QED) is 0.772. The van der Waals surface area contributed by atoms with Crippen LogP contribution in [0.25, 0.3) is 0 Å². The van der Waals surface area contributed by atoms with Gasteiger partial charge in [-0.15, -0.1) is 0 Å². The van der Waals surface area contributed by atoms with Crippen molar-refractivity contribution in [3.8, 4) is 0 Å². The monoisotopic (exact) mass is 215 g/mol. The second kappa shape index (κ2) is 4.99. The number of aromatic nitrogens is 1. The molecule has 0 saturated heterocycles. The molecule has 0 amide bonds. The van der Waals surface area contributed by atoms with E-state index in [1.54, 1.807) is 11.8 Å². The van der Waals surface area contributed by atoms with E-state index in [2.05, 4.69) is 42.2 Å². The molecule has 1 aromatic heterocycles. The van der Waals surface area contributed by atoms with Crippen molar-refractivity contribution in [1.82, 2.24) is 4.98 Å². The van der Waals surface area contributed by atoms with Crippen molar-refractivity contribution in [2.24, 2.45) is 0 Å². The van der Waals surface area contributed by atoms with E-state index < -0.39 is 0 Å². The Hall–Kier alpha value is -1.28. The lowest BCUT2D eigenvalue weighted by atomic mass is 10.2. The second-order valence-corrected chi connectivity index (χ2v) is 4.30. The molecule has 76 valence electrons. The van der Waals surface area contributed by atoms with Crippen LogP contribution in [0.2, 0.25) is 0 Å². The van der Waals surface area contributed by atoms with Crippen molar-refractivity contribution in [2.75, 3.05) is 0 Å². The normalized spacial score (nSPS) is 10.2. The van der Waals surface area contributed by atoms with Crippen LogP contribution >= 0.6 is 11.8 Å². The van der Waals surface area contributed by atoms with Gasteiger partial charge in [0, 0.05) is 11.1 Å². The van der Waals surface area contributed by atoms with Crippen LogP contribution < -0.4 is 0 Å². The van der Waals surface area contributed by atoms with E-state index in [4.69, 9.17) is 0 Å². The SMILES string of the molecule is CCc1cccnc1Sc1ccccc1. The zero-order chi connectivity index (χ0) is 10.5. The van der Waals surface area contributed by atoms with Crippen LogP contribution in [0.5, 0.6) is 0 Å². The first-order chi connectivity index (χ1) is 7.40. The summed E-state index contributed by atoms with van der Waals surface area (Å²) in [4.78, 5) is 5.65. The lowest BCUT2D eigenvalue weighted by Crippen LogP contribution is -1.88. The number of rotatable bonds is 3. The third-order valence-electron chi connectivity index (χ3n) is 2.19. The van der Waals surface area contributed by atoms with Gasteiger partial charge in [0.25, 0.3) is 0 Å². The van der Waals surface area contributed by atoms with E-state index in [0.29, 0.717) is 0 Å². The average Bonchev–Trinajstić information content (AvgIpc) is 2.31. The number of pyridine rings is 1. The molecule has 0 aliphatic rings. The van der Waals surface area contributed by atoms with Crippen LogP contribution in [0.3, 0.4) is 0 Å². The van der Waals surface area contributed by atoms with Crippen LogP contribution in [0, 0.1) is 0 Å². The minimum absolute atomic E-state index is 1.03. The second-order valence-electron chi connectivity index (χ2n) is 3.24. The highest BCUT2D eigenvalue weighted by Gasteiger charge is 2.02. The van der Waals surface area contributed by atoms with Crippen molar-refractivity contribution in [1.29, 1.82) is 0 Å². The number of hydrogen-bond acceptors (Lipinski definition) is 2. The fourth-order valence-corrected chi connectivity index (χ4v) is 2.36. The molecule has 1 heterocycles. The Kier molecular flexibility index (Phi) is 3.41. The van der Waals surface area contributed by atoms with Crippen LogP contribution in [-0.4, -0.2) is 4.98 Å². The molecule has 0 fully saturated rings. The first-order valence-electron chi connectivity index (χ1n) is 5.07. The maximum absolute atomic E-state index is 4.41. The van der Waals surface area contributed by atoms with E-state index in [1.807, 2.05) is 18.3 Å². The topological polar surface area (TPSA) is 12.9 Å².